The summed E-state index contributed by atoms with van der Waals surface area (Å²) in [5.41, 5.74) is 5.67. The van der Waals surface area contributed by atoms with Crippen molar-refractivity contribution in [2.45, 2.75) is 37.1 Å². The number of ether oxygens (including phenoxy) is 2. The van der Waals surface area contributed by atoms with Crippen LogP contribution in [0.4, 0.5) is 11.4 Å². The van der Waals surface area contributed by atoms with Crippen LogP contribution in [0.25, 0.3) is 0 Å². The van der Waals surface area contributed by atoms with Crippen LogP contribution in [0.15, 0.2) is 71.6 Å². The number of rotatable bonds is 6. The molecule has 3 aromatic carbocycles. The van der Waals surface area contributed by atoms with Gasteiger partial charge < -0.3 is 14.8 Å². The Bertz CT molecular complexity index is 1410. The second-order valence-electron chi connectivity index (χ2n) is 9.21. The molecule has 0 saturated carbocycles. The maximum absolute atomic E-state index is 13.2. The lowest BCUT2D eigenvalue weighted by Crippen LogP contribution is -2.29. The van der Waals surface area contributed by atoms with Gasteiger partial charge in [0.15, 0.2) is 11.5 Å². The van der Waals surface area contributed by atoms with Crippen molar-refractivity contribution in [3.8, 4) is 11.5 Å². The summed E-state index contributed by atoms with van der Waals surface area (Å²) >= 11 is 0. The van der Waals surface area contributed by atoms with Gasteiger partial charge in [-0.1, -0.05) is 30.4 Å². The fourth-order valence-corrected chi connectivity index (χ4v) is 6.31. The highest BCUT2D eigenvalue weighted by molar-refractivity contribution is 7.92. The van der Waals surface area contributed by atoms with Gasteiger partial charge in [-0.2, -0.15) is 0 Å². The standard InChI is InChI=1S/C28H30N2O4S/c1-17-11-12-19(15-18(17)2)30-35(31,32)20-13-14-25-24(16-20)21-7-5-8-22(21)27(29-25)23-9-6-10-26(33-3)28(23)34-4/h5-7,9-16,21-22,27,29-30H,8H2,1-4H3/t21-,22+,27-/m0/s1. The molecule has 2 N–H and O–H groups in total. The smallest absolute Gasteiger partial charge is 0.261 e. The van der Waals surface area contributed by atoms with Gasteiger partial charge in [-0.3, -0.25) is 4.72 Å². The number of sulfonamides is 1. The van der Waals surface area contributed by atoms with Crippen molar-refractivity contribution in [1.82, 2.24) is 0 Å². The summed E-state index contributed by atoms with van der Waals surface area (Å²) in [5, 5.41) is 3.66. The Labute approximate surface area is 207 Å². The van der Waals surface area contributed by atoms with Gasteiger partial charge in [-0.25, -0.2) is 8.42 Å². The number of hydrogen-bond donors (Lipinski definition) is 2. The van der Waals surface area contributed by atoms with Crippen LogP contribution < -0.4 is 19.5 Å². The van der Waals surface area contributed by atoms with Crippen LogP contribution in [-0.4, -0.2) is 22.6 Å². The Hall–Kier alpha value is -3.45. The zero-order valence-electron chi connectivity index (χ0n) is 20.3. The molecular formula is C28H30N2O4S. The number of para-hydroxylation sites is 1. The van der Waals surface area contributed by atoms with Gasteiger partial charge in [0.05, 0.1) is 25.2 Å². The van der Waals surface area contributed by atoms with Crippen LogP contribution in [-0.2, 0) is 10.0 Å². The Morgan fingerprint density at radius 1 is 0.943 bits per heavy atom. The highest BCUT2D eigenvalue weighted by atomic mass is 32.2. The number of hydrogen-bond acceptors (Lipinski definition) is 5. The van der Waals surface area contributed by atoms with Gasteiger partial charge in [0.1, 0.15) is 0 Å². The quantitative estimate of drug-likeness (QED) is 0.418. The average Bonchev–Trinajstić information content (AvgIpc) is 3.35. The van der Waals surface area contributed by atoms with Crippen molar-refractivity contribution in [2.24, 2.45) is 5.92 Å². The SMILES string of the molecule is COc1cccc([C@H]2Nc3ccc(S(=O)(=O)Nc4ccc(C)c(C)c4)cc3[C@H]3C=CC[C@H]32)c1OC. The van der Waals surface area contributed by atoms with Gasteiger partial charge in [0.25, 0.3) is 10.0 Å². The second-order valence-corrected chi connectivity index (χ2v) is 10.9. The number of methoxy groups -OCH3 is 2. The first-order valence-electron chi connectivity index (χ1n) is 11.7. The molecule has 0 radical (unpaired) electrons. The van der Waals surface area contributed by atoms with Crippen molar-refractivity contribution in [3.05, 3.63) is 89.0 Å². The lowest BCUT2D eigenvalue weighted by atomic mass is 9.77. The molecule has 3 atom stereocenters. The average molecular weight is 491 g/mol. The molecule has 0 unspecified atom stereocenters. The summed E-state index contributed by atoms with van der Waals surface area (Å²) in [5.74, 6) is 1.75. The molecule has 1 aliphatic carbocycles. The monoisotopic (exact) mass is 490 g/mol. The summed E-state index contributed by atoms with van der Waals surface area (Å²) in [4.78, 5) is 0.257. The van der Waals surface area contributed by atoms with E-state index in [2.05, 4.69) is 28.3 Å². The van der Waals surface area contributed by atoms with Gasteiger partial charge in [0.2, 0.25) is 0 Å². The number of fused-ring (bicyclic) bond motifs is 3. The predicted molar refractivity (Wildman–Crippen MR) is 139 cm³/mol. The van der Waals surface area contributed by atoms with Crippen LogP contribution in [0.2, 0.25) is 0 Å². The molecule has 6 nitrogen and oxygen atoms in total. The summed E-state index contributed by atoms with van der Waals surface area (Å²) in [7, 11) is -0.436. The van der Waals surface area contributed by atoms with Crippen molar-refractivity contribution in [2.75, 3.05) is 24.3 Å². The van der Waals surface area contributed by atoms with Crippen LogP contribution in [0.1, 0.15) is 40.6 Å². The van der Waals surface area contributed by atoms with E-state index in [4.69, 9.17) is 9.47 Å². The summed E-state index contributed by atoms with van der Waals surface area (Å²) in [6.07, 6.45) is 5.26. The minimum atomic E-state index is -3.73. The van der Waals surface area contributed by atoms with Gasteiger partial charge in [-0.05, 0) is 79.3 Å². The van der Waals surface area contributed by atoms with Crippen molar-refractivity contribution < 1.29 is 17.9 Å². The Morgan fingerprint density at radius 2 is 1.77 bits per heavy atom. The third kappa shape index (κ3) is 4.14. The first-order valence-corrected chi connectivity index (χ1v) is 13.2. The number of aryl methyl sites for hydroxylation is 2. The van der Waals surface area contributed by atoms with E-state index < -0.39 is 10.0 Å². The molecule has 1 heterocycles. The Balaban J connectivity index is 1.50. The molecule has 2 aliphatic rings. The molecule has 0 fully saturated rings. The number of benzene rings is 3. The zero-order chi connectivity index (χ0) is 24.7. The van der Waals surface area contributed by atoms with Crippen molar-refractivity contribution >= 4 is 21.4 Å². The Morgan fingerprint density at radius 3 is 2.51 bits per heavy atom. The molecule has 0 saturated heterocycles. The number of anilines is 2. The van der Waals surface area contributed by atoms with Crippen LogP contribution in [0, 0.1) is 19.8 Å². The fraction of sp³-hybridized carbons (Fsp3) is 0.286. The van der Waals surface area contributed by atoms with E-state index >= 15 is 0 Å². The summed E-state index contributed by atoms with van der Waals surface area (Å²) in [6, 6.07) is 16.8. The largest absolute Gasteiger partial charge is 0.493 e. The minimum Gasteiger partial charge on any atom is -0.493 e. The zero-order valence-corrected chi connectivity index (χ0v) is 21.1. The first kappa shape index (κ1) is 23.3. The van der Waals surface area contributed by atoms with Crippen molar-refractivity contribution in [3.63, 3.8) is 0 Å². The second kappa shape index (κ2) is 8.96. The van der Waals surface area contributed by atoms with Gasteiger partial charge >= 0.3 is 0 Å². The molecule has 182 valence electrons. The van der Waals surface area contributed by atoms with E-state index in [0.29, 0.717) is 11.4 Å². The number of allylic oxidation sites excluding steroid dienone is 2. The van der Waals surface area contributed by atoms with Gasteiger partial charge in [0, 0.05) is 22.9 Å². The molecule has 0 bridgehead atoms. The third-order valence-electron chi connectivity index (χ3n) is 7.17. The molecule has 3 aromatic rings. The maximum Gasteiger partial charge on any atom is 0.261 e. The highest BCUT2D eigenvalue weighted by Crippen LogP contribution is 2.52. The van der Waals surface area contributed by atoms with Crippen LogP contribution in [0.5, 0.6) is 11.5 Å². The fourth-order valence-electron chi connectivity index (χ4n) is 5.22. The van der Waals surface area contributed by atoms with Crippen molar-refractivity contribution in [1.29, 1.82) is 0 Å². The van der Waals surface area contributed by atoms with E-state index in [-0.39, 0.29) is 22.8 Å². The third-order valence-corrected chi connectivity index (χ3v) is 8.55. The van der Waals surface area contributed by atoms with E-state index in [9.17, 15) is 8.42 Å². The molecule has 35 heavy (non-hydrogen) atoms. The summed E-state index contributed by atoms with van der Waals surface area (Å²) in [6.45, 7) is 3.97. The lowest BCUT2D eigenvalue weighted by Gasteiger charge is -2.38. The predicted octanol–water partition coefficient (Wildman–Crippen LogP) is 5.95. The maximum atomic E-state index is 13.2. The molecule has 5 rings (SSSR count). The van der Waals surface area contributed by atoms with E-state index in [1.807, 2.05) is 44.2 Å². The topological polar surface area (TPSA) is 76.7 Å². The molecule has 7 heteroatoms. The van der Waals surface area contributed by atoms with E-state index in [1.54, 1.807) is 32.4 Å². The minimum absolute atomic E-state index is 0.00339. The normalized spacial score (nSPS) is 20.5. The van der Waals surface area contributed by atoms with Gasteiger partial charge in [-0.15, -0.1) is 0 Å². The van der Waals surface area contributed by atoms with Crippen LogP contribution in [0.3, 0.4) is 0 Å². The molecule has 0 spiro atoms. The molecular weight excluding hydrogens is 460 g/mol. The van der Waals surface area contributed by atoms with E-state index in [1.165, 1.54) is 0 Å². The molecule has 1 aliphatic heterocycles. The molecule has 0 amide bonds. The molecule has 0 aromatic heterocycles. The lowest BCUT2D eigenvalue weighted by molar-refractivity contribution is 0.341. The van der Waals surface area contributed by atoms with Crippen LogP contribution >= 0.6 is 0 Å². The number of nitrogens with one attached hydrogen (secondary N) is 2. The first-order chi connectivity index (χ1) is 16.8. The Kier molecular flexibility index (Phi) is 5.97. The highest BCUT2D eigenvalue weighted by Gasteiger charge is 2.40. The summed E-state index contributed by atoms with van der Waals surface area (Å²) < 4.78 is 40.4. The van der Waals surface area contributed by atoms with E-state index in [0.717, 1.165) is 40.1 Å².